The predicted molar refractivity (Wildman–Crippen MR) is 135 cm³/mol. The van der Waals surface area contributed by atoms with Gasteiger partial charge in [-0.25, -0.2) is 4.39 Å². The summed E-state index contributed by atoms with van der Waals surface area (Å²) < 4.78 is 15.4. The molecule has 2 heterocycles. The van der Waals surface area contributed by atoms with Crippen LogP contribution in [0, 0.1) is 11.7 Å². The van der Waals surface area contributed by atoms with Gasteiger partial charge in [-0.05, 0) is 49.3 Å². The van der Waals surface area contributed by atoms with Crippen molar-refractivity contribution in [3.63, 3.8) is 0 Å². The fourth-order valence-electron chi connectivity index (χ4n) is 5.39. The van der Waals surface area contributed by atoms with Gasteiger partial charge in [0, 0.05) is 57.7 Å². The number of hydrogen-bond donors (Lipinski definition) is 1. The molecule has 2 amide bonds. The smallest absolute Gasteiger partial charge is 0.259 e. The van der Waals surface area contributed by atoms with Crippen molar-refractivity contribution in [3.8, 4) is 0 Å². The molecule has 1 saturated heterocycles. The van der Waals surface area contributed by atoms with E-state index in [4.69, 9.17) is 0 Å². The van der Waals surface area contributed by atoms with Crippen LogP contribution in [-0.4, -0.2) is 58.9 Å². The second-order valence-corrected chi connectivity index (χ2v) is 10.5. The Bertz CT molecular complexity index is 1160. The summed E-state index contributed by atoms with van der Waals surface area (Å²) in [6.45, 7) is 3.43. The first-order chi connectivity index (χ1) is 17.5. The van der Waals surface area contributed by atoms with E-state index in [9.17, 15) is 18.8 Å². The number of hydrogen-bond acceptors (Lipinski definition) is 4. The Morgan fingerprint density at radius 3 is 2.36 bits per heavy atom. The van der Waals surface area contributed by atoms with Gasteiger partial charge in [-0.1, -0.05) is 31.4 Å². The van der Waals surface area contributed by atoms with Gasteiger partial charge in [-0.15, -0.1) is 0 Å². The molecule has 3 aliphatic rings. The van der Waals surface area contributed by atoms with Crippen LogP contribution in [0.4, 0.5) is 4.39 Å². The van der Waals surface area contributed by atoms with E-state index in [-0.39, 0.29) is 34.8 Å². The van der Waals surface area contributed by atoms with Gasteiger partial charge in [0.25, 0.3) is 11.8 Å². The Balaban J connectivity index is 1.26. The maximum absolute atomic E-state index is 13.5. The molecule has 2 aliphatic carbocycles. The summed E-state index contributed by atoms with van der Waals surface area (Å²) in [5.41, 5.74) is 0.549. The monoisotopic (exact) mass is 494 g/mol. The maximum atomic E-state index is 13.5. The van der Waals surface area contributed by atoms with Crippen molar-refractivity contribution in [2.75, 3.05) is 32.7 Å². The lowest BCUT2D eigenvalue weighted by Crippen LogP contribution is -2.49. The highest BCUT2D eigenvalue weighted by atomic mass is 19.1. The summed E-state index contributed by atoms with van der Waals surface area (Å²) in [4.78, 5) is 43.6. The molecule has 3 fully saturated rings. The van der Waals surface area contributed by atoms with Crippen molar-refractivity contribution in [3.05, 3.63) is 69.4 Å². The summed E-state index contributed by atoms with van der Waals surface area (Å²) in [5.74, 6) is -0.492. The molecule has 1 aromatic carbocycles. The average molecular weight is 495 g/mol. The molecule has 2 saturated carbocycles. The van der Waals surface area contributed by atoms with E-state index < -0.39 is 5.43 Å². The topological polar surface area (TPSA) is 74.7 Å². The third-order valence-electron chi connectivity index (χ3n) is 7.72. The number of carbonyl (C=O) groups is 2. The van der Waals surface area contributed by atoms with E-state index in [2.05, 4.69) is 10.2 Å². The van der Waals surface area contributed by atoms with Gasteiger partial charge in [-0.2, -0.15) is 0 Å². The number of nitrogens with zero attached hydrogens (tertiary/aromatic N) is 3. The van der Waals surface area contributed by atoms with Gasteiger partial charge >= 0.3 is 0 Å². The molecule has 8 heteroatoms. The zero-order valence-corrected chi connectivity index (χ0v) is 20.8. The molecular formula is C28H35FN4O3. The van der Waals surface area contributed by atoms with Crippen LogP contribution in [-0.2, 0) is 6.54 Å². The summed E-state index contributed by atoms with van der Waals surface area (Å²) in [6, 6.07) is 6.80. The molecule has 5 rings (SSSR count). The highest BCUT2D eigenvalue weighted by molar-refractivity contribution is 5.99. The van der Waals surface area contributed by atoms with Crippen molar-refractivity contribution in [1.82, 2.24) is 19.7 Å². The highest BCUT2D eigenvalue weighted by Crippen LogP contribution is 2.34. The fourth-order valence-corrected chi connectivity index (χ4v) is 5.39. The fraction of sp³-hybridized carbons (Fsp3) is 0.536. The Morgan fingerprint density at radius 1 is 0.944 bits per heavy atom. The van der Waals surface area contributed by atoms with Crippen LogP contribution in [0.15, 0.2) is 41.5 Å². The number of benzene rings is 1. The van der Waals surface area contributed by atoms with Crippen molar-refractivity contribution < 1.29 is 14.0 Å². The lowest BCUT2D eigenvalue weighted by Gasteiger charge is -2.34. The number of carbonyl (C=O) groups excluding carboxylic acids is 2. The summed E-state index contributed by atoms with van der Waals surface area (Å²) in [5, 5.41) is 2.96. The summed E-state index contributed by atoms with van der Waals surface area (Å²) in [6.07, 6.45) is 11.1. The van der Waals surface area contributed by atoms with E-state index in [0.29, 0.717) is 45.2 Å². The average Bonchev–Trinajstić information content (AvgIpc) is 3.74. The predicted octanol–water partition coefficient (Wildman–Crippen LogP) is 3.59. The SMILES string of the molecule is O=C(NCC1CCCCC1)c1cn(C2CC2)cc(C(=O)N2CCN(Cc3cccc(F)c3)CC2)c1=O. The Kier molecular flexibility index (Phi) is 7.51. The van der Waals surface area contributed by atoms with Crippen molar-refractivity contribution in [2.45, 2.75) is 57.5 Å². The van der Waals surface area contributed by atoms with Crippen LogP contribution in [0.5, 0.6) is 0 Å². The standard InChI is InChI=1S/C28H35FN4O3/c29-22-8-4-7-21(15-22)17-31-11-13-32(14-12-31)28(36)25-19-33(23-9-10-23)18-24(26(25)34)27(35)30-16-20-5-2-1-3-6-20/h4,7-8,15,18-20,23H,1-3,5-6,9-14,16-17H2,(H,30,35). The van der Waals surface area contributed by atoms with Gasteiger partial charge in [0.15, 0.2) is 0 Å². The Hall–Kier alpha value is -3.00. The first-order valence-corrected chi connectivity index (χ1v) is 13.3. The molecule has 0 bridgehead atoms. The van der Waals surface area contributed by atoms with Crippen LogP contribution >= 0.6 is 0 Å². The molecule has 2 aromatic rings. The molecule has 0 unspecified atom stereocenters. The molecule has 36 heavy (non-hydrogen) atoms. The van der Waals surface area contributed by atoms with E-state index in [1.165, 1.54) is 31.4 Å². The minimum atomic E-state index is -0.486. The van der Waals surface area contributed by atoms with Gasteiger partial charge in [0.05, 0.1) is 0 Å². The molecular weight excluding hydrogens is 459 g/mol. The highest BCUT2D eigenvalue weighted by Gasteiger charge is 2.30. The van der Waals surface area contributed by atoms with Crippen LogP contribution < -0.4 is 10.7 Å². The second kappa shape index (κ2) is 10.9. The summed E-state index contributed by atoms with van der Waals surface area (Å²) in [7, 11) is 0. The number of nitrogens with one attached hydrogen (secondary N) is 1. The van der Waals surface area contributed by atoms with Gasteiger partial charge in [-0.3, -0.25) is 19.3 Å². The zero-order chi connectivity index (χ0) is 25.1. The summed E-state index contributed by atoms with van der Waals surface area (Å²) >= 11 is 0. The van der Waals surface area contributed by atoms with Crippen LogP contribution in [0.1, 0.15) is 77.3 Å². The second-order valence-electron chi connectivity index (χ2n) is 10.5. The van der Waals surface area contributed by atoms with Gasteiger partial charge < -0.3 is 14.8 Å². The number of halogens is 1. The maximum Gasteiger partial charge on any atom is 0.259 e. The van der Waals surface area contributed by atoms with Crippen molar-refractivity contribution >= 4 is 11.8 Å². The molecule has 1 aliphatic heterocycles. The minimum Gasteiger partial charge on any atom is -0.352 e. The van der Waals surface area contributed by atoms with E-state index in [1.807, 2.05) is 10.6 Å². The van der Waals surface area contributed by atoms with Crippen LogP contribution in [0.25, 0.3) is 0 Å². The largest absolute Gasteiger partial charge is 0.352 e. The van der Waals surface area contributed by atoms with Gasteiger partial charge in [0.2, 0.25) is 5.43 Å². The number of pyridine rings is 1. The lowest BCUT2D eigenvalue weighted by molar-refractivity contribution is 0.0626. The molecule has 1 N–H and O–H groups in total. The quantitative estimate of drug-likeness (QED) is 0.639. The molecule has 192 valence electrons. The van der Waals surface area contributed by atoms with E-state index in [0.717, 1.165) is 31.2 Å². The number of aromatic nitrogens is 1. The molecule has 0 spiro atoms. The first-order valence-electron chi connectivity index (χ1n) is 13.3. The first kappa shape index (κ1) is 24.7. The third-order valence-corrected chi connectivity index (χ3v) is 7.72. The van der Waals surface area contributed by atoms with E-state index >= 15 is 0 Å². The Labute approximate surface area is 211 Å². The molecule has 7 nitrogen and oxygen atoms in total. The number of amides is 2. The normalized spacial score (nSPS) is 19.3. The molecule has 1 aromatic heterocycles. The zero-order valence-electron chi connectivity index (χ0n) is 20.8. The van der Waals surface area contributed by atoms with E-state index in [1.54, 1.807) is 23.4 Å². The Morgan fingerprint density at radius 2 is 1.67 bits per heavy atom. The van der Waals surface area contributed by atoms with Crippen molar-refractivity contribution in [2.24, 2.45) is 5.92 Å². The van der Waals surface area contributed by atoms with Crippen LogP contribution in [0.3, 0.4) is 0 Å². The molecule has 0 atom stereocenters. The third kappa shape index (κ3) is 5.86. The molecule has 0 radical (unpaired) electrons. The van der Waals surface area contributed by atoms with Crippen LogP contribution in [0.2, 0.25) is 0 Å². The van der Waals surface area contributed by atoms with Gasteiger partial charge in [0.1, 0.15) is 16.9 Å². The lowest BCUT2D eigenvalue weighted by atomic mass is 9.89. The van der Waals surface area contributed by atoms with Crippen molar-refractivity contribution in [1.29, 1.82) is 0 Å². The number of piperazine rings is 1. The minimum absolute atomic E-state index is 0.0632. The number of rotatable bonds is 7.